The zero-order valence-electron chi connectivity index (χ0n) is 9.33. The van der Waals surface area contributed by atoms with Crippen molar-refractivity contribution in [1.29, 1.82) is 0 Å². The number of nitrogens with zero attached hydrogens (tertiary/aromatic N) is 1. The molecule has 1 amide bonds. The molecular weight excluding hydrogens is 216 g/mol. The summed E-state index contributed by atoms with van der Waals surface area (Å²) in [6.45, 7) is 1.51. The lowest BCUT2D eigenvalue weighted by atomic mass is 10.2. The number of methoxy groups -OCH3 is 1. The Morgan fingerprint density at radius 1 is 1.38 bits per heavy atom. The number of carbonyl (C=O) groups is 1. The van der Waals surface area contributed by atoms with Crippen molar-refractivity contribution in [3.05, 3.63) is 29.8 Å². The van der Waals surface area contributed by atoms with Crippen LogP contribution in [0, 0.1) is 11.6 Å². The Labute approximate surface area is 92.6 Å². The highest BCUT2D eigenvalue weighted by atomic mass is 19.1. The monoisotopic (exact) mass is 229 g/mol. The molecule has 5 heteroatoms. The molecule has 1 rings (SSSR count). The zero-order valence-corrected chi connectivity index (χ0v) is 9.33. The largest absolute Gasteiger partial charge is 0.372 e. The summed E-state index contributed by atoms with van der Waals surface area (Å²) in [6, 6.07) is 3.44. The highest BCUT2D eigenvalue weighted by molar-refractivity contribution is 5.96. The molecule has 0 aliphatic rings. The van der Waals surface area contributed by atoms with Crippen molar-refractivity contribution < 1.29 is 18.3 Å². The highest BCUT2D eigenvalue weighted by Crippen LogP contribution is 2.22. The fourth-order valence-corrected chi connectivity index (χ4v) is 1.29. The van der Waals surface area contributed by atoms with E-state index >= 15 is 0 Å². The number of carbonyl (C=O) groups excluding carboxylic acids is 1. The van der Waals surface area contributed by atoms with Gasteiger partial charge in [0.2, 0.25) is 0 Å². The second kappa shape index (κ2) is 5.03. The van der Waals surface area contributed by atoms with E-state index in [0.29, 0.717) is 0 Å². The normalized spacial score (nSPS) is 12.3. The predicted molar refractivity (Wildman–Crippen MR) is 56.2 cm³/mol. The summed E-state index contributed by atoms with van der Waals surface area (Å²) in [5.74, 6) is -2.06. The Kier molecular flexibility index (Phi) is 3.95. The van der Waals surface area contributed by atoms with Gasteiger partial charge in [-0.15, -0.1) is 0 Å². The van der Waals surface area contributed by atoms with Gasteiger partial charge >= 0.3 is 0 Å². The summed E-state index contributed by atoms with van der Waals surface area (Å²) < 4.78 is 31.5. The van der Waals surface area contributed by atoms with Crippen LogP contribution >= 0.6 is 0 Å². The van der Waals surface area contributed by atoms with Crippen LogP contribution in [0.1, 0.15) is 6.92 Å². The van der Waals surface area contributed by atoms with Crippen LogP contribution < -0.4 is 4.90 Å². The Hall–Kier alpha value is -1.49. The van der Waals surface area contributed by atoms with Crippen LogP contribution in [0.2, 0.25) is 0 Å². The number of para-hydroxylation sites is 1. The number of halogens is 2. The molecule has 0 saturated carbocycles. The Morgan fingerprint density at radius 3 is 2.31 bits per heavy atom. The third kappa shape index (κ3) is 2.36. The summed E-state index contributed by atoms with van der Waals surface area (Å²) in [6.07, 6.45) is -0.746. The number of likely N-dealkylation sites (N-methyl/N-ethyl adjacent to an activating group) is 1. The van der Waals surface area contributed by atoms with Gasteiger partial charge in [-0.25, -0.2) is 8.78 Å². The Balaban J connectivity index is 3.05. The van der Waals surface area contributed by atoms with Gasteiger partial charge in [0.1, 0.15) is 23.4 Å². The molecule has 0 aromatic heterocycles. The first-order valence-corrected chi connectivity index (χ1v) is 4.73. The number of ether oxygens (including phenoxy) is 1. The fraction of sp³-hybridized carbons (Fsp3) is 0.364. The number of benzene rings is 1. The van der Waals surface area contributed by atoms with Crippen LogP contribution in [0.5, 0.6) is 0 Å². The second-order valence-electron chi connectivity index (χ2n) is 3.35. The summed E-state index contributed by atoms with van der Waals surface area (Å²) in [7, 11) is 2.66. The van der Waals surface area contributed by atoms with Crippen molar-refractivity contribution in [2.45, 2.75) is 13.0 Å². The minimum Gasteiger partial charge on any atom is -0.372 e. The van der Waals surface area contributed by atoms with Gasteiger partial charge in [-0.1, -0.05) is 6.07 Å². The lowest BCUT2D eigenvalue weighted by molar-refractivity contribution is -0.127. The minimum absolute atomic E-state index is 0.364. The van der Waals surface area contributed by atoms with E-state index in [1.54, 1.807) is 0 Å². The van der Waals surface area contributed by atoms with E-state index in [0.717, 1.165) is 17.0 Å². The van der Waals surface area contributed by atoms with Crippen LogP contribution in [0.3, 0.4) is 0 Å². The molecule has 0 spiro atoms. The van der Waals surface area contributed by atoms with Crippen molar-refractivity contribution in [3.63, 3.8) is 0 Å². The standard InChI is InChI=1S/C11H13F2NO2/c1-7(16-3)11(15)14(2)10-8(12)5-4-6-9(10)13/h4-7H,1-3H3. The smallest absolute Gasteiger partial charge is 0.255 e. The fourth-order valence-electron chi connectivity index (χ4n) is 1.29. The zero-order chi connectivity index (χ0) is 12.3. The van der Waals surface area contributed by atoms with E-state index in [-0.39, 0.29) is 5.69 Å². The summed E-state index contributed by atoms with van der Waals surface area (Å²) in [5.41, 5.74) is -0.364. The van der Waals surface area contributed by atoms with Gasteiger partial charge < -0.3 is 9.64 Å². The van der Waals surface area contributed by atoms with Gasteiger partial charge in [-0.3, -0.25) is 4.79 Å². The molecule has 0 aliphatic carbocycles. The number of rotatable bonds is 3. The molecule has 0 heterocycles. The number of anilines is 1. The molecule has 0 aliphatic heterocycles. The van der Waals surface area contributed by atoms with Gasteiger partial charge in [0.05, 0.1) is 0 Å². The molecule has 1 aromatic carbocycles. The van der Waals surface area contributed by atoms with Crippen LogP contribution in [0.4, 0.5) is 14.5 Å². The molecule has 1 atom stereocenters. The van der Waals surface area contributed by atoms with Gasteiger partial charge in [0.15, 0.2) is 0 Å². The Bertz CT molecular complexity index is 375. The SMILES string of the molecule is COC(C)C(=O)N(C)c1c(F)cccc1F. The van der Waals surface area contributed by atoms with Crippen molar-refractivity contribution in [1.82, 2.24) is 0 Å². The van der Waals surface area contributed by atoms with E-state index in [9.17, 15) is 13.6 Å². The van der Waals surface area contributed by atoms with E-state index in [2.05, 4.69) is 0 Å². The van der Waals surface area contributed by atoms with E-state index in [4.69, 9.17) is 4.74 Å². The summed E-state index contributed by atoms with van der Waals surface area (Å²) in [4.78, 5) is 12.6. The highest BCUT2D eigenvalue weighted by Gasteiger charge is 2.23. The molecule has 0 N–H and O–H groups in total. The summed E-state index contributed by atoms with van der Waals surface area (Å²) >= 11 is 0. The first-order chi connectivity index (χ1) is 7.49. The van der Waals surface area contributed by atoms with Crippen LogP contribution in [0.15, 0.2) is 18.2 Å². The molecule has 1 unspecified atom stereocenters. The third-order valence-corrected chi connectivity index (χ3v) is 2.30. The molecule has 0 saturated heterocycles. The average molecular weight is 229 g/mol. The van der Waals surface area contributed by atoms with Crippen molar-refractivity contribution in [3.8, 4) is 0 Å². The van der Waals surface area contributed by atoms with Crippen LogP contribution in [-0.2, 0) is 9.53 Å². The lowest BCUT2D eigenvalue weighted by Crippen LogP contribution is -2.36. The molecule has 1 aromatic rings. The molecule has 0 bridgehead atoms. The van der Waals surface area contributed by atoms with Crippen LogP contribution in [-0.4, -0.2) is 26.2 Å². The van der Waals surface area contributed by atoms with E-state index in [1.807, 2.05) is 0 Å². The van der Waals surface area contributed by atoms with Gasteiger partial charge in [-0.05, 0) is 19.1 Å². The maximum absolute atomic E-state index is 13.4. The van der Waals surface area contributed by atoms with E-state index < -0.39 is 23.6 Å². The van der Waals surface area contributed by atoms with Gasteiger partial charge in [0.25, 0.3) is 5.91 Å². The molecule has 0 fully saturated rings. The second-order valence-corrected chi connectivity index (χ2v) is 3.35. The van der Waals surface area contributed by atoms with Gasteiger partial charge in [-0.2, -0.15) is 0 Å². The molecular formula is C11H13F2NO2. The quantitative estimate of drug-likeness (QED) is 0.793. The third-order valence-electron chi connectivity index (χ3n) is 2.30. The molecule has 3 nitrogen and oxygen atoms in total. The summed E-state index contributed by atoms with van der Waals surface area (Å²) in [5, 5.41) is 0. The van der Waals surface area contributed by atoms with Gasteiger partial charge in [0, 0.05) is 14.2 Å². The van der Waals surface area contributed by atoms with Crippen molar-refractivity contribution in [2.24, 2.45) is 0 Å². The molecule has 0 radical (unpaired) electrons. The average Bonchev–Trinajstić information content (AvgIpc) is 2.26. The first-order valence-electron chi connectivity index (χ1n) is 4.73. The Morgan fingerprint density at radius 2 is 1.88 bits per heavy atom. The minimum atomic E-state index is -0.779. The molecule has 16 heavy (non-hydrogen) atoms. The lowest BCUT2D eigenvalue weighted by Gasteiger charge is -2.21. The van der Waals surface area contributed by atoms with Crippen LogP contribution in [0.25, 0.3) is 0 Å². The van der Waals surface area contributed by atoms with E-state index in [1.165, 1.54) is 27.1 Å². The van der Waals surface area contributed by atoms with Crippen molar-refractivity contribution >= 4 is 11.6 Å². The topological polar surface area (TPSA) is 29.5 Å². The number of amides is 1. The number of hydrogen-bond donors (Lipinski definition) is 0. The van der Waals surface area contributed by atoms with Crippen molar-refractivity contribution in [2.75, 3.05) is 19.1 Å². The number of hydrogen-bond acceptors (Lipinski definition) is 2. The predicted octanol–water partition coefficient (Wildman–Crippen LogP) is 1.96. The maximum atomic E-state index is 13.4. The molecule has 88 valence electrons. The first kappa shape index (κ1) is 12.6. The maximum Gasteiger partial charge on any atom is 0.255 e.